The maximum absolute atomic E-state index is 9.24. The van der Waals surface area contributed by atoms with Crippen molar-refractivity contribution in [3.63, 3.8) is 0 Å². The summed E-state index contributed by atoms with van der Waals surface area (Å²) in [5.74, 6) is 0. The molecule has 5 atom stereocenters. The van der Waals surface area contributed by atoms with E-state index in [1.165, 1.54) is 0 Å². The second kappa shape index (κ2) is 5.06. The third-order valence-corrected chi connectivity index (χ3v) is 1.96. The fourth-order valence-corrected chi connectivity index (χ4v) is 1.13. The first-order valence-electron chi connectivity index (χ1n) is 3.64. The molecule has 1 fully saturated rings. The first-order chi connectivity index (χ1) is 5.57. The zero-order chi connectivity index (χ0) is 9.30. The molecule has 80 valence electrons. The van der Waals surface area contributed by atoms with Crippen LogP contribution in [-0.2, 0) is 4.74 Å². The van der Waals surface area contributed by atoms with Gasteiger partial charge in [0.05, 0.1) is 12.6 Å². The van der Waals surface area contributed by atoms with Crippen molar-refractivity contribution < 1.29 is 25.2 Å². The smallest absolute Gasteiger partial charge is 0.183 e. The lowest BCUT2D eigenvalue weighted by atomic mass is 9.97. The van der Waals surface area contributed by atoms with Crippen molar-refractivity contribution in [2.24, 2.45) is 5.73 Å². The van der Waals surface area contributed by atoms with Gasteiger partial charge in [0.2, 0.25) is 0 Å². The van der Waals surface area contributed by atoms with E-state index < -0.39 is 37.3 Å². The molecule has 1 rings (SSSR count). The van der Waals surface area contributed by atoms with Crippen molar-refractivity contribution in [3.05, 3.63) is 0 Å². The Hall–Kier alpha value is 0.0500. The second-order valence-corrected chi connectivity index (χ2v) is 2.81. The minimum Gasteiger partial charge on any atom is -0.394 e. The minimum absolute atomic E-state index is 0. The van der Waals surface area contributed by atoms with E-state index in [-0.39, 0.29) is 12.4 Å². The summed E-state index contributed by atoms with van der Waals surface area (Å²) in [6, 6.07) is -0.995. The zero-order valence-corrected chi connectivity index (χ0v) is 7.59. The van der Waals surface area contributed by atoms with E-state index in [1.54, 1.807) is 0 Å². The minimum atomic E-state index is -1.44. The lowest BCUT2D eigenvalue weighted by Crippen LogP contribution is -2.62. The van der Waals surface area contributed by atoms with Gasteiger partial charge in [-0.15, -0.1) is 12.4 Å². The van der Waals surface area contributed by atoms with E-state index in [0.29, 0.717) is 0 Å². The molecule has 7 heteroatoms. The molecule has 0 aliphatic carbocycles. The number of rotatable bonds is 1. The average molecular weight is 216 g/mol. The molecule has 0 radical (unpaired) electrons. The monoisotopic (exact) mass is 215 g/mol. The Kier molecular flexibility index (Phi) is 5.08. The Morgan fingerprint density at radius 3 is 2.15 bits per heavy atom. The summed E-state index contributed by atoms with van der Waals surface area (Å²) in [6.45, 7) is -0.446. The molecule has 0 spiro atoms. The number of halogens is 1. The summed E-state index contributed by atoms with van der Waals surface area (Å²) in [4.78, 5) is 0. The molecule has 0 aromatic heterocycles. The molecule has 1 aliphatic heterocycles. The van der Waals surface area contributed by atoms with Crippen LogP contribution in [0.1, 0.15) is 0 Å². The summed E-state index contributed by atoms with van der Waals surface area (Å²) in [6.07, 6.45) is -4.85. The number of hydrogen-bond acceptors (Lipinski definition) is 6. The first-order valence-corrected chi connectivity index (χ1v) is 3.64. The third-order valence-electron chi connectivity index (χ3n) is 1.96. The zero-order valence-electron chi connectivity index (χ0n) is 6.78. The second-order valence-electron chi connectivity index (χ2n) is 2.81. The van der Waals surface area contributed by atoms with Gasteiger partial charge in [-0.3, -0.25) is 0 Å². The van der Waals surface area contributed by atoms with Crippen LogP contribution in [0, 0.1) is 0 Å². The van der Waals surface area contributed by atoms with Gasteiger partial charge in [0.15, 0.2) is 6.29 Å². The van der Waals surface area contributed by atoms with Crippen LogP contribution in [-0.4, -0.2) is 57.7 Å². The molecular weight excluding hydrogens is 202 g/mol. The summed E-state index contributed by atoms with van der Waals surface area (Å²) in [7, 11) is 0. The van der Waals surface area contributed by atoms with Crippen molar-refractivity contribution in [3.8, 4) is 0 Å². The Morgan fingerprint density at radius 1 is 1.15 bits per heavy atom. The van der Waals surface area contributed by atoms with Crippen molar-refractivity contribution in [2.75, 3.05) is 6.61 Å². The predicted molar refractivity (Wildman–Crippen MR) is 45.2 cm³/mol. The van der Waals surface area contributed by atoms with Crippen molar-refractivity contribution in [2.45, 2.75) is 30.6 Å². The normalized spacial score (nSPS) is 45.5. The van der Waals surface area contributed by atoms with Crippen LogP contribution < -0.4 is 5.73 Å². The van der Waals surface area contributed by atoms with Gasteiger partial charge in [0.25, 0.3) is 0 Å². The van der Waals surface area contributed by atoms with E-state index in [2.05, 4.69) is 4.74 Å². The molecule has 0 aromatic rings. The molecule has 0 saturated carbocycles. The molecule has 1 aliphatic rings. The van der Waals surface area contributed by atoms with Crippen LogP contribution in [0.5, 0.6) is 0 Å². The maximum Gasteiger partial charge on any atom is 0.183 e. The third kappa shape index (κ3) is 2.50. The van der Waals surface area contributed by atoms with E-state index in [4.69, 9.17) is 21.1 Å². The number of nitrogens with two attached hydrogens (primary N) is 1. The van der Waals surface area contributed by atoms with Crippen molar-refractivity contribution in [1.29, 1.82) is 0 Å². The maximum atomic E-state index is 9.24. The van der Waals surface area contributed by atoms with Crippen LogP contribution in [0.4, 0.5) is 0 Å². The van der Waals surface area contributed by atoms with Gasteiger partial charge in [-0.05, 0) is 0 Å². The van der Waals surface area contributed by atoms with Crippen LogP contribution in [0.3, 0.4) is 0 Å². The summed E-state index contributed by atoms with van der Waals surface area (Å²) in [5, 5.41) is 36.0. The molecule has 0 bridgehead atoms. The largest absolute Gasteiger partial charge is 0.394 e. The number of ether oxygens (including phenoxy) is 1. The lowest BCUT2D eigenvalue weighted by Gasteiger charge is -2.38. The molecule has 0 aromatic carbocycles. The summed E-state index contributed by atoms with van der Waals surface area (Å²) >= 11 is 0. The van der Waals surface area contributed by atoms with E-state index in [0.717, 1.165) is 0 Å². The van der Waals surface area contributed by atoms with Gasteiger partial charge in [-0.25, -0.2) is 0 Å². The van der Waals surface area contributed by atoms with Crippen LogP contribution in [0.25, 0.3) is 0 Å². The Bertz CT molecular complexity index is 155. The predicted octanol–water partition coefficient (Wildman–Crippen LogP) is -2.83. The highest BCUT2D eigenvalue weighted by Gasteiger charge is 2.41. The molecule has 1 saturated heterocycles. The SMILES string of the molecule is Cl.N[C@@H]1[C@@H](O)[C@@H](O)O[C@H](CO)[C@H]1O. The number of hydrogen-bond donors (Lipinski definition) is 5. The highest BCUT2D eigenvalue weighted by atomic mass is 35.5. The van der Waals surface area contributed by atoms with Crippen LogP contribution >= 0.6 is 12.4 Å². The van der Waals surface area contributed by atoms with Gasteiger partial charge in [-0.1, -0.05) is 0 Å². The van der Waals surface area contributed by atoms with Crippen LogP contribution in [0.2, 0.25) is 0 Å². The first kappa shape index (κ1) is 13.1. The Labute approximate surface area is 81.3 Å². The Balaban J connectivity index is 0.00000144. The van der Waals surface area contributed by atoms with Gasteiger partial charge in [0.1, 0.15) is 18.3 Å². The topological polar surface area (TPSA) is 116 Å². The number of aliphatic hydroxyl groups excluding tert-OH is 4. The van der Waals surface area contributed by atoms with Gasteiger partial charge in [0, 0.05) is 0 Å². The molecule has 1 heterocycles. The van der Waals surface area contributed by atoms with E-state index in [9.17, 15) is 5.11 Å². The molecule has 6 nitrogen and oxygen atoms in total. The molecule has 13 heavy (non-hydrogen) atoms. The quantitative estimate of drug-likeness (QED) is 0.322. The lowest BCUT2D eigenvalue weighted by molar-refractivity contribution is -0.258. The van der Waals surface area contributed by atoms with Crippen molar-refractivity contribution >= 4 is 12.4 Å². The highest BCUT2D eigenvalue weighted by molar-refractivity contribution is 5.85. The van der Waals surface area contributed by atoms with Gasteiger partial charge >= 0.3 is 0 Å². The Morgan fingerprint density at radius 2 is 1.69 bits per heavy atom. The van der Waals surface area contributed by atoms with Gasteiger partial charge in [-0.2, -0.15) is 0 Å². The fourth-order valence-electron chi connectivity index (χ4n) is 1.13. The summed E-state index contributed by atoms with van der Waals surface area (Å²) in [5.41, 5.74) is 5.33. The number of aliphatic hydroxyl groups is 4. The van der Waals surface area contributed by atoms with E-state index >= 15 is 0 Å². The molecule has 0 amide bonds. The summed E-state index contributed by atoms with van der Waals surface area (Å²) < 4.78 is 4.66. The molecule has 0 unspecified atom stereocenters. The van der Waals surface area contributed by atoms with Crippen molar-refractivity contribution in [1.82, 2.24) is 0 Å². The average Bonchev–Trinajstić information content (AvgIpc) is 2.08. The van der Waals surface area contributed by atoms with Crippen LogP contribution in [0.15, 0.2) is 0 Å². The fraction of sp³-hybridized carbons (Fsp3) is 1.00. The highest BCUT2D eigenvalue weighted by Crippen LogP contribution is 2.17. The van der Waals surface area contributed by atoms with E-state index in [1.807, 2.05) is 0 Å². The standard InChI is InChI=1S/C6H13NO5.ClH/c7-3-4(9)2(1-8)12-6(11)5(3)10;/h2-6,8-11H,1,7H2;1H/t2-,3+,4-,5-,6+;/m1./s1. The molecular formula is C6H14ClNO5. The molecule has 6 N–H and O–H groups in total. The van der Waals surface area contributed by atoms with Gasteiger partial charge < -0.3 is 30.9 Å².